The van der Waals surface area contributed by atoms with E-state index in [-0.39, 0.29) is 17.6 Å². The molecule has 0 radical (unpaired) electrons. The van der Waals surface area contributed by atoms with E-state index in [1.165, 1.54) is 0 Å². The Hall–Kier alpha value is -1.72. The van der Waals surface area contributed by atoms with Gasteiger partial charge in [0.05, 0.1) is 18.1 Å². The lowest BCUT2D eigenvalue weighted by molar-refractivity contribution is -0.231. The summed E-state index contributed by atoms with van der Waals surface area (Å²) < 4.78 is 34.6. The summed E-state index contributed by atoms with van der Waals surface area (Å²) in [5.41, 5.74) is 2.27. The molecule has 2 aliphatic heterocycles. The Balaban J connectivity index is 1.47. The fourth-order valence-electron chi connectivity index (χ4n) is 4.24. The van der Waals surface area contributed by atoms with E-state index >= 15 is 0 Å². The molecule has 2 saturated heterocycles. The van der Waals surface area contributed by atoms with Crippen LogP contribution < -0.4 is 4.74 Å². The molecular formula is C23H27ClO8S. The fraction of sp³-hybridized carbons (Fsp3) is 0.478. The van der Waals surface area contributed by atoms with Crippen molar-refractivity contribution < 1.29 is 38.3 Å². The summed E-state index contributed by atoms with van der Waals surface area (Å²) in [5.74, 6) is 0.788. The van der Waals surface area contributed by atoms with E-state index in [2.05, 4.69) is 0 Å². The number of aliphatic hydroxyl groups is 4. The van der Waals surface area contributed by atoms with Crippen LogP contribution in [0.4, 0.5) is 0 Å². The summed E-state index contributed by atoms with van der Waals surface area (Å²) >= 11 is 6.39. The molecular weight excluding hydrogens is 472 g/mol. The van der Waals surface area contributed by atoms with E-state index in [1.807, 2.05) is 12.1 Å². The molecule has 4 N–H and O–H groups in total. The monoisotopic (exact) mass is 498 g/mol. The highest BCUT2D eigenvalue weighted by atomic mass is 35.5. The Bertz CT molecular complexity index is 1070. The first-order valence-corrected chi connectivity index (χ1v) is 12.9. The predicted molar refractivity (Wildman–Crippen MR) is 121 cm³/mol. The zero-order chi connectivity index (χ0) is 23.8. The average molecular weight is 499 g/mol. The van der Waals surface area contributed by atoms with Crippen molar-refractivity contribution in [1.82, 2.24) is 0 Å². The Morgan fingerprint density at radius 1 is 1.03 bits per heavy atom. The first-order valence-electron chi connectivity index (χ1n) is 10.7. The third-order valence-corrected chi connectivity index (χ3v) is 8.21. The van der Waals surface area contributed by atoms with Gasteiger partial charge in [0, 0.05) is 5.02 Å². The zero-order valence-corrected chi connectivity index (χ0v) is 19.3. The smallest absolute Gasteiger partial charge is 0.154 e. The highest BCUT2D eigenvalue weighted by molar-refractivity contribution is 7.91. The van der Waals surface area contributed by atoms with Gasteiger partial charge >= 0.3 is 0 Å². The van der Waals surface area contributed by atoms with Gasteiger partial charge in [0.2, 0.25) is 0 Å². The predicted octanol–water partition coefficient (Wildman–Crippen LogP) is 1.01. The van der Waals surface area contributed by atoms with Gasteiger partial charge in [-0.15, -0.1) is 0 Å². The molecule has 2 aromatic carbocycles. The zero-order valence-electron chi connectivity index (χ0n) is 17.7. The minimum Gasteiger partial charge on any atom is -0.489 e. The summed E-state index contributed by atoms with van der Waals surface area (Å²) in [7, 11) is -3.01. The normalized spacial score (nSPS) is 31.4. The average Bonchev–Trinajstić information content (AvgIpc) is 3.13. The van der Waals surface area contributed by atoms with E-state index in [9.17, 15) is 28.8 Å². The molecule has 33 heavy (non-hydrogen) atoms. The van der Waals surface area contributed by atoms with Crippen LogP contribution in [0.15, 0.2) is 42.5 Å². The second-order valence-corrected chi connectivity index (χ2v) is 11.2. The van der Waals surface area contributed by atoms with Gasteiger partial charge in [0.1, 0.15) is 42.4 Å². The van der Waals surface area contributed by atoms with E-state index in [1.54, 1.807) is 30.3 Å². The minimum atomic E-state index is -3.01. The van der Waals surface area contributed by atoms with Crippen LogP contribution in [0.25, 0.3) is 0 Å². The largest absolute Gasteiger partial charge is 0.489 e. The third-order valence-electron chi connectivity index (χ3n) is 6.10. The lowest BCUT2D eigenvalue weighted by Gasteiger charge is -2.40. The second kappa shape index (κ2) is 9.87. The van der Waals surface area contributed by atoms with Crippen LogP contribution in [0.3, 0.4) is 0 Å². The van der Waals surface area contributed by atoms with Gasteiger partial charge in [-0.2, -0.15) is 0 Å². The number of sulfone groups is 1. The molecule has 6 atom stereocenters. The Labute approximate surface area is 197 Å². The fourth-order valence-corrected chi connectivity index (χ4v) is 6.01. The number of aliphatic hydroxyl groups excluding tert-OH is 4. The van der Waals surface area contributed by atoms with Gasteiger partial charge in [0.25, 0.3) is 0 Å². The molecule has 2 heterocycles. The van der Waals surface area contributed by atoms with Gasteiger partial charge in [-0.1, -0.05) is 35.9 Å². The van der Waals surface area contributed by atoms with Gasteiger partial charge < -0.3 is 29.9 Å². The van der Waals surface area contributed by atoms with Crippen molar-refractivity contribution in [3.8, 4) is 5.75 Å². The SMILES string of the molecule is O=S1(=O)CCC(Oc2ccc(Cc3cc([C@@H]4O[C@H](CO)[C@@H](O)C(O)[C@H]4O)ccc3Cl)cc2)C1. The number of hydrogen-bond acceptors (Lipinski definition) is 8. The first-order chi connectivity index (χ1) is 15.7. The lowest BCUT2D eigenvalue weighted by Crippen LogP contribution is -2.55. The molecule has 2 fully saturated rings. The van der Waals surface area contributed by atoms with Crippen LogP contribution in [0.1, 0.15) is 29.2 Å². The second-order valence-electron chi connectivity index (χ2n) is 8.56. The highest BCUT2D eigenvalue weighted by Gasteiger charge is 2.44. The summed E-state index contributed by atoms with van der Waals surface area (Å²) in [4.78, 5) is 0. The number of ether oxygens (including phenoxy) is 2. The molecule has 0 amide bonds. The number of halogens is 1. The van der Waals surface area contributed by atoms with E-state index in [0.717, 1.165) is 11.1 Å². The van der Waals surface area contributed by atoms with E-state index in [4.69, 9.17) is 21.1 Å². The molecule has 0 aromatic heterocycles. The van der Waals surface area contributed by atoms with Crippen LogP contribution in [0.5, 0.6) is 5.75 Å². The van der Waals surface area contributed by atoms with Crippen LogP contribution in [0.2, 0.25) is 5.02 Å². The van der Waals surface area contributed by atoms with Crippen molar-refractivity contribution in [3.63, 3.8) is 0 Å². The van der Waals surface area contributed by atoms with Gasteiger partial charge in [-0.25, -0.2) is 8.42 Å². The van der Waals surface area contributed by atoms with Crippen molar-refractivity contribution in [2.24, 2.45) is 0 Å². The van der Waals surface area contributed by atoms with Crippen molar-refractivity contribution in [2.45, 2.75) is 49.5 Å². The third kappa shape index (κ3) is 5.51. The van der Waals surface area contributed by atoms with E-state index in [0.29, 0.717) is 29.2 Å². The van der Waals surface area contributed by atoms with Gasteiger partial charge in [-0.05, 0) is 47.7 Å². The van der Waals surface area contributed by atoms with Crippen LogP contribution >= 0.6 is 11.6 Å². The van der Waals surface area contributed by atoms with Crippen molar-refractivity contribution in [2.75, 3.05) is 18.1 Å². The number of rotatable bonds is 6. The molecule has 0 saturated carbocycles. The molecule has 8 nitrogen and oxygen atoms in total. The standard InChI is InChI=1S/C23H27ClO8S/c24-18-6-3-14(23-22(28)21(27)20(26)19(11-25)32-23)10-15(18)9-13-1-4-16(5-2-13)31-17-7-8-33(29,30)12-17/h1-6,10,17,19-23,25-28H,7-9,11-12H2/t17?,19-,20-,21?,22-,23+/m1/s1. The van der Waals surface area contributed by atoms with Crippen molar-refractivity contribution in [1.29, 1.82) is 0 Å². The van der Waals surface area contributed by atoms with Gasteiger partial charge in [0.15, 0.2) is 9.84 Å². The summed E-state index contributed by atoms with van der Waals surface area (Å²) in [6, 6.07) is 12.4. The van der Waals surface area contributed by atoms with Gasteiger partial charge in [-0.3, -0.25) is 0 Å². The number of hydrogen-bond donors (Lipinski definition) is 4. The lowest BCUT2D eigenvalue weighted by atomic mass is 9.90. The van der Waals surface area contributed by atoms with Crippen LogP contribution in [-0.2, 0) is 21.0 Å². The summed E-state index contributed by atoms with van der Waals surface area (Å²) in [5, 5.41) is 40.4. The van der Waals surface area contributed by atoms with Crippen molar-refractivity contribution in [3.05, 3.63) is 64.2 Å². The Morgan fingerprint density at radius 3 is 2.39 bits per heavy atom. The maximum absolute atomic E-state index is 11.6. The molecule has 4 rings (SSSR count). The molecule has 10 heteroatoms. The Kier molecular flexibility index (Phi) is 7.30. The molecule has 180 valence electrons. The first kappa shape index (κ1) is 24.4. The topological polar surface area (TPSA) is 134 Å². The van der Waals surface area contributed by atoms with Crippen molar-refractivity contribution >= 4 is 21.4 Å². The van der Waals surface area contributed by atoms with E-state index < -0.39 is 47.0 Å². The number of benzene rings is 2. The molecule has 0 bridgehead atoms. The molecule has 2 aliphatic rings. The quantitative estimate of drug-likeness (QED) is 0.464. The Morgan fingerprint density at radius 2 is 1.76 bits per heavy atom. The van der Waals surface area contributed by atoms with Crippen LogP contribution in [0, 0.1) is 0 Å². The highest BCUT2D eigenvalue weighted by Crippen LogP contribution is 2.34. The molecule has 0 spiro atoms. The molecule has 2 aromatic rings. The summed E-state index contributed by atoms with van der Waals surface area (Å²) in [6.07, 6.45) is -5.53. The molecule has 2 unspecified atom stereocenters. The summed E-state index contributed by atoms with van der Waals surface area (Å²) in [6.45, 7) is -0.497. The molecule has 0 aliphatic carbocycles. The minimum absolute atomic E-state index is 0.0368. The maximum atomic E-state index is 11.6. The van der Waals surface area contributed by atoms with Crippen LogP contribution in [-0.4, -0.2) is 77.5 Å². The maximum Gasteiger partial charge on any atom is 0.154 e.